The molecule has 2 rings (SSSR count). The monoisotopic (exact) mass is 278 g/mol. The first-order valence-corrected chi connectivity index (χ1v) is 15.4. The SMILES string of the molecule is B=C1B[SH](B)S2=S1[SH]=[SH][SH]=[SH]2. The summed E-state index contributed by atoms with van der Waals surface area (Å²) in [7, 11) is 15.2. The van der Waals surface area contributed by atoms with E-state index >= 15 is 0 Å². The third-order valence-corrected chi connectivity index (χ3v) is 37.4. The van der Waals surface area contributed by atoms with Crippen LogP contribution in [0.25, 0.3) is 0 Å². The van der Waals surface area contributed by atoms with Gasteiger partial charge in [-0.05, 0) is 0 Å². The Kier molecular flexibility index (Phi) is 3.98. The van der Waals surface area contributed by atoms with E-state index in [9.17, 15) is 0 Å². The Morgan fingerprint density at radius 2 is 2.18 bits per heavy atom. The molecule has 0 radical (unpaired) electrons. The zero-order valence-electron chi connectivity index (χ0n) is 5.97. The molecule has 0 aromatic heterocycles. The van der Waals surface area contributed by atoms with Crippen LogP contribution in [0.2, 0.25) is 0 Å². The average molecular weight is 278 g/mol. The Morgan fingerprint density at radius 1 is 1.45 bits per heavy atom. The summed E-state index contributed by atoms with van der Waals surface area (Å²) in [5, 5.41) is 0. The first kappa shape index (κ1) is 10.0. The van der Waals surface area contributed by atoms with Crippen molar-refractivity contribution in [2.75, 3.05) is 0 Å². The Balaban J connectivity index is 2.51. The third-order valence-electron chi connectivity index (χ3n) is 1.31. The van der Waals surface area contributed by atoms with Crippen LogP contribution in [0, 0.1) is 0 Å². The molecule has 0 spiro atoms. The molecule has 64 valence electrons. The predicted octanol–water partition coefficient (Wildman–Crippen LogP) is -3.20. The van der Waals surface area contributed by atoms with Crippen molar-refractivity contribution in [3.05, 3.63) is 0 Å². The molecule has 0 N–H and O–H groups in total. The molecule has 2 heterocycles. The molecule has 0 nitrogen and oxygen atoms in total. The summed E-state index contributed by atoms with van der Waals surface area (Å²) < 4.78 is 1.60. The van der Waals surface area contributed by atoms with Gasteiger partial charge >= 0.3 is 88.9 Å². The van der Waals surface area contributed by atoms with Crippen LogP contribution in [-0.4, -0.2) is 25.9 Å². The zero-order chi connectivity index (χ0) is 7.84. The van der Waals surface area contributed by atoms with Crippen molar-refractivity contribution < 1.29 is 0 Å². The van der Waals surface area contributed by atoms with E-state index in [4.69, 9.17) is 0 Å². The molecule has 11 heavy (non-hydrogen) atoms. The molecule has 10 heteroatoms. The maximum atomic E-state index is 4.21. The van der Waals surface area contributed by atoms with Crippen molar-refractivity contribution in [1.29, 1.82) is 0 Å². The fourth-order valence-electron chi connectivity index (χ4n) is 0.863. The molecule has 3 atom stereocenters. The summed E-state index contributed by atoms with van der Waals surface area (Å²) in [6, 6.07) is 0. The Hall–Kier alpha value is 2.51. The fraction of sp³-hybridized carbons (Fsp3) is 0. The van der Waals surface area contributed by atoms with E-state index < -0.39 is 0 Å². The predicted molar refractivity (Wildman–Crippen MR) is 86.6 cm³/mol. The number of rotatable bonds is 0. The number of hydrogen-bond acceptors (Lipinski definition) is 0. The van der Waals surface area contributed by atoms with Gasteiger partial charge in [-0.3, -0.25) is 0 Å². The van der Waals surface area contributed by atoms with Crippen molar-refractivity contribution >= 4 is 88.9 Å². The van der Waals surface area contributed by atoms with Crippen LogP contribution < -0.4 is 0 Å². The van der Waals surface area contributed by atoms with Gasteiger partial charge in [0.1, 0.15) is 0 Å². The molecular formula is CH9B3S7. The zero-order valence-corrected chi connectivity index (χ0v) is 12.1. The molecule has 0 saturated heterocycles. The van der Waals surface area contributed by atoms with E-state index in [0.29, 0.717) is 18.1 Å². The number of hydrogen-bond donors (Lipinski definition) is 5. The van der Waals surface area contributed by atoms with Crippen LogP contribution in [0.15, 0.2) is 0 Å². The quantitative estimate of drug-likeness (QED) is 0.172. The van der Waals surface area contributed by atoms with Gasteiger partial charge < -0.3 is 0 Å². The molecular weight excluding hydrogens is 269 g/mol. The molecule has 2 aliphatic rings. The third kappa shape index (κ3) is 2.13. The van der Waals surface area contributed by atoms with Crippen LogP contribution in [-0.2, 0) is 53.4 Å². The van der Waals surface area contributed by atoms with Gasteiger partial charge in [-0.1, -0.05) is 0 Å². The van der Waals surface area contributed by atoms with Gasteiger partial charge in [-0.15, -0.1) is 0 Å². The summed E-state index contributed by atoms with van der Waals surface area (Å²) in [4.78, 5) is 0. The molecule has 0 amide bonds. The summed E-state index contributed by atoms with van der Waals surface area (Å²) in [5.74, 6) is 0. The molecule has 0 bridgehead atoms. The summed E-state index contributed by atoms with van der Waals surface area (Å²) in [6.45, 7) is 1.38. The normalized spacial score (nSPS) is 46.5. The van der Waals surface area contributed by atoms with Gasteiger partial charge in [-0.25, -0.2) is 0 Å². The van der Waals surface area contributed by atoms with Crippen molar-refractivity contribution in [2.24, 2.45) is 0 Å². The average Bonchev–Trinajstić information content (AvgIpc) is 2.30. The van der Waals surface area contributed by atoms with E-state index in [-0.39, 0.29) is 0 Å². The van der Waals surface area contributed by atoms with Gasteiger partial charge in [0, 0.05) is 0 Å². The van der Waals surface area contributed by atoms with Crippen LogP contribution in [0.1, 0.15) is 0 Å². The van der Waals surface area contributed by atoms with E-state index in [0.717, 1.165) is 7.52 Å². The van der Waals surface area contributed by atoms with Crippen LogP contribution in [0.5, 0.6) is 0 Å². The Morgan fingerprint density at radius 3 is 2.91 bits per heavy atom. The van der Waals surface area contributed by atoms with Crippen molar-refractivity contribution in [3.63, 3.8) is 0 Å². The fourth-order valence-corrected chi connectivity index (χ4v) is 53.6. The van der Waals surface area contributed by atoms with Gasteiger partial charge in [0.15, 0.2) is 0 Å². The second-order valence-corrected chi connectivity index (χ2v) is 24.4. The van der Waals surface area contributed by atoms with Crippen LogP contribution >= 0.6 is 9.63 Å². The summed E-state index contributed by atoms with van der Waals surface area (Å²) in [6.07, 6.45) is 0. The van der Waals surface area contributed by atoms with Gasteiger partial charge in [-0.2, -0.15) is 0 Å². The Labute approximate surface area is 87.8 Å². The molecule has 2 aliphatic heterocycles. The van der Waals surface area contributed by atoms with Gasteiger partial charge in [0.25, 0.3) is 0 Å². The van der Waals surface area contributed by atoms with Crippen LogP contribution in [0.3, 0.4) is 0 Å². The van der Waals surface area contributed by atoms with E-state index in [1.165, 1.54) is 6.56 Å². The Bertz CT molecular complexity index is 301. The van der Waals surface area contributed by atoms with Gasteiger partial charge in [0.2, 0.25) is 0 Å². The van der Waals surface area contributed by atoms with E-state index in [1.54, 1.807) is 42.1 Å². The summed E-state index contributed by atoms with van der Waals surface area (Å²) >= 11 is 0. The first-order chi connectivity index (χ1) is 5.29. The van der Waals surface area contributed by atoms with E-state index in [1.807, 2.05) is 0 Å². The topological polar surface area (TPSA) is 0 Å². The number of thiol groups is 5. The van der Waals surface area contributed by atoms with E-state index in [2.05, 4.69) is 14.6 Å². The second kappa shape index (κ2) is 4.36. The van der Waals surface area contributed by atoms with Crippen molar-refractivity contribution in [1.82, 2.24) is 0 Å². The second-order valence-electron chi connectivity index (χ2n) is 2.15. The van der Waals surface area contributed by atoms with Gasteiger partial charge in [0.05, 0.1) is 0 Å². The van der Waals surface area contributed by atoms with Crippen LogP contribution in [0.4, 0.5) is 0 Å². The first-order valence-electron chi connectivity index (χ1n) is 2.99. The van der Waals surface area contributed by atoms with Crippen molar-refractivity contribution in [3.8, 4) is 0 Å². The molecule has 0 aromatic carbocycles. The molecule has 0 aromatic rings. The molecule has 3 unspecified atom stereocenters. The molecule has 0 saturated carbocycles. The minimum atomic E-state index is 0.348. The standard InChI is InChI=1S/CH9B3S7/c2-1-4-10(3)11-8-6-5-7-9(1)11/h2,4-8,10H,3H2. The molecule has 0 fully saturated rings. The maximum absolute atomic E-state index is 4.21. The summed E-state index contributed by atoms with van der Waals surface area (Å²) in [5.41, 5.74) is 0. The molecule has 0 aliphatic carbocycles. The minimum absolute atomic E-state index is 0.348. The van der Waals surface area contributed by atoms with Crippen molar-refractivity contribution in [2.45, 2.75) is 0 Å².